The number of aliphatic hydroxyl groups is 1. The zero-order chi connectivity index (χ0) is 16.8. The lowest BCUT2D eigenvalue weighted by Gasteiger charge is -2.42. The predicted octanol–water partition coefficient (Wildman–Crippen LogP) is -0.196. The smallest absolute Gasteiger partial charge is 0.211 e. The van der Waals surface area contributed by atoms with Crippen LogP contribution in [0, 0.1) is 18.3 Å². The lowest BCUT2D eigenvalue weighted by molar-refractivity contribution is 0.0162. The van der Waals surface area contributed by atoms with Crippen LogP contribution in [0.3, 0.4) is 0 Å². The summed E-state index contributed by atoms with van der Waals surface area (Å²) in [4.78, 5) is 2.35. The third-order valence-electron chi connectivity index (χ3n) is 5.45. The van der Waals surface area contributed by atoms with Crippen molar-refractivity contribution in [1.82, 2.24) is 19.0 Å². The normalized spacial score (nSPS) is 29.8. The number of aliphatic hydroxyl groups excluding tert-OH is 1. The van der Waals surface area contributed by atoms with Crippen molar-refractivity contribution in [1.29, 1.82) is 0 Å². The Morgan fingerprint density at radius 1 is 1.43 bits per heavy atom. The molecule has 0 unspecified atom stereocenters. The first-order valence-corrected chi connectivity index (χ1v) is 9.86. The summed E-state index contributed by atoms with van der Waals surface area (Å²) in [5.74, 6) is 0.185. The summed E-state index contributed by atoms with van der Waals surface area (Å²) in [5, 5.41) is 14.3. The molecular formula is C15H26N4O3S. The Bertz CT molecular complexity index is 687. The molecule has 0 spiro atoms. The lowest BCUT2D eigenvalue weighted by atomic mass is 9.73. The minimum absolute atomic E-state index is 0.0579. The molecule has 2 fully saturated rings. The van der Waals surface area contributed by atoms with Crippen molar-refractivity contribution in [3.63, 3.8) is 0 Å². The molecule has 2 atom stereocenters. The largest absolute Gasteiger partial charge is 0.396 e. The third kappa shape index (κ3) is 3.17. The summed E-state index contributed by atoms with van der Waals surface area (Å²) >= 11 is 0. The minimum atomic E-state index is -3.20. The van der Waals surface area contributed by atoms with Crippen LogP contribution in [-0.2, 0) is 23.6 Å². The summed E-state index contributed by atoms with van der Waals surface area (Å²) < 4.78 is 27.2. The molecule has 8 heteroatoms. The highest BCUT2D eigenvalue weighted by Gasteiger charge is 2.51. The molecule has 1 N–H and O–H groups in total. The van der Waals surface area contributed by atoms with E-state index in [1.165, 1.54) is 10.6 Å². The van der Waals surface area contributed by atoms with Crippen molar-refractivity contribution in [2.45, 2.75) is 19.9 Å². The molecular weight excluding hydrogens is 316 g/mol. The second-order valence-electron chi connectivity index (χ2n) is 7.16. The van der Waals surface area contributed by atoms with Gasteiger partial charge in [-0.15, -0.1) is 0 Å². The number of fused-ring (bicyclic) bond motifs is 1. The summed E-state index contributed by atoms with van der Waals surface area (Å²) in [6.07, 6.45) is 2.09. The number of sulfonamides is 1. The van der Waals surface area contributed by atoms with Gasteiger partial charge in [-0.3, -0.25) is 9.58 Å². The Hall–Kier alpha value is -0.960. The van der Waals surface area contributed by atoms with Gasteiger partial charge >= 0.3 is 0 Å². The maximum atomic E-state index is 11.9. The quantitative estimate of drug-likeness (QED) is 0.820. The first-order chi connectivity index (χ1) is 10.7. The van der Waals surface area contributed by atoms with Gasteiger partial charge in [0.05, 0.1) is 24.3 Å². The highest BCUT2D eigenvalue weighted by atomic mass is 32.2. The number of aromatic nitrogens is 2. The van der Waals surface area contributed by atoms with Crippen LogP contribution in [0.15, 0.2) is 6.07 Å². The first-order valence-electron chi connectivity index (χ1n) is 8.01. The van der Waals surface area contributed by atoms with E-state index in [9.17, 15) is 13.5 Å². The van der Waals surface area contributed by atoms with Gasteiger partial charge in [0.25, 0.3) is 0 Å². The zero-order valence-electron chi connectivity index (χ0n) is 14.1. The molecule has 0 aromatic carbocycles. The van der Waals surface area contributed by atoms with E-state index in [0.717, 1.165) is 37.4 Å². The maximum Gasteiger partial charge on any atom is 0.211 e. The van der Waals surface area contributed by atoms with E-state index < -0.39 is 10.0 Å². The molecule has 0 amide bonds. The molecule has 7 nitrogen and oxygen atoms in total. The summed E-state index contributed by atoms with van der Waals surface area (Å²) in [6, 6.07) is 2.09. The van der Waals surface area contributed by atoms with Crippen LogP contribution < -0.4 is 0 Å². The summed E-state index contributed by atoms with van der Waals surface area (Å²) in [6.45, 7) is 5.51. The van der Waals surface area contributed by atoms with Crippen molar-refractivity contribution in [3.8, 4) is 0 Å². The van der Waals surface area contributed by atoms with Crippen LogP contribution >= 0.6 is 0 Å². The van der Waals surface area contributed by atoms with Crippen LogP contribution in [0.5, 0.6) is 0 Å². The van der Waals surface area contributed by atoms with E-state index in [4.69, 9.17) is 0 Å². The maximum absolute atomic E-state index is 11.9. The molecule has 0 saturated carbocycles. The Morgan fingerprint density at radius 3 is 2.74 bits per heavy atom. The van der Waals surface area contributed by atoms with Gasteiger partial charge in [-0.25, -0.2) is 12.7 Å². The molecule has 3 heterocycles. The van der Waals surface area contributed by atoms with Crippen LogP contribution in [0.4, 0.5) is 0 Å². The molecule has 3 rings (SSSR count). The fourth-order valence-electron chi connectivity index (χ4n) is 4.00. The van der Waals surface area contributed by atoms with Crippen LogP contribution in [0.2, 0.25) is 0 Å². The van der Waals surface area contributed by atoms with E-state index >= 15 is 0 Å². The number of aryl methyl sites for hydroxylation is 2. The van der Waals surface area contributed by atoms with Crippen molar-refractivity contribution >= 4 is 10.0 Å². The van der Waals surface area contributed by atoms with Crippen molar-refractivity contribution in [3.05, 3.63) is 17.5 Å². The van der Waals surface area contributed by atoms with Gasteiger partial charge < -0.3 is 5.11 Å². The van der Waals surface area contributed by atoms with Crippen LogP contribution in [0.1, 0.15) is 17.8 Å². The van der Waals surface area contributed by atoms with Gasteiger partial charge in [0.1, 0.15) is 0 Å². The molecule has 2 saturated heterocycles. The Kier molecular flexibility index (Phi) is 4.29. The molecule has 0 aliphatic carbocycles. The lowest BCUT2D eigenvalue weighted by Crippen LogP contribution is -2.48. The molecule has 130 valence electrons. The Morgan fingerprint density at radius 2 is 2.17 bits per heavy atom. The standard InChI is InChI=1S/C15H26N4O3S/c1-12-6-14(17(2)16-12)9-18-5-4-15(11-20)10-19(23(3,21)22)8-13(15)7-18/h6,13,20H,4-5,7-11H2,1-3H3/t13-,15+/m1/s1. The van der Waals surface area contributed by atoms with E-state index in [2.05, 4.69) is 16.1 Å². The average Bonchev–Trinajstić information content (AvgIpc) is 2.99. The van der Waals surface area contributed by atoms with Gasteiger partial charge in [-0.1, -0.05) is 0 Å². The van der Waals surface area contributed by atoms with Crippen LogP contribution in [0.25, 0.3) is 0 Å². The molecule has 23 heavy (non-hydrogen) atoms. The second-order valence-corrected chi connectivity index (χ2v) is 9.14. The minimum Gasteiger partial charge on any atom is -0.396 e. The number of nitrogens with zero attached hydrogens (tertiary/aromatic N) is 4. The van der Waals surface area contributed by atoms with E-state index in [1.807, 2.05) is 18.7 Å². The van der Waals surface area contributed by atoms with Gasteiger partial charge in [0, 0.05) is 38.6 Å². The molecule has 2 aliphatic rings. The van der Waals surface area contributed by atoms with Crippen molar-refractivity contribution < 1.29 is 13.5 Å². The van der Waals surface area contributed by atoms with Gasteiger partial charge in [0.2, 0.25) is 10.0 Å². The molecule has 1 aromatic heterocycles. The molecule has 0 radical (unpaired) electrons. The van der Waals surface area contributed by atoms with Gasteiger partial charge in [-0.2, -0.15) is 5.10 Å². The SMILES string of the molecule is Cc1cc(CN2CC[C@@]3(CO)CN(S(C)(=O)=O)C[C@H]3C2)n(C)n1. The molecule has 0 bridgehead atoms. The highest BCUT2D eigenvalue weighted by molar-refractivity contribution is 7.88. The van der Waals surface area contributed by atoms with Gasteiger partial charge in [-0.05, 0) is 31.9 Å². The zero-order valence-corrected chi connectivity index (χ0v) is 14.9. The number of rotatable bonds is 4. The van der Waals surface area contributed by atoms with E-state index in [-0.39, 0.29) is 17.9 Å². The van der Waals surface area contributed by atoms with E-state index in [1.54, 1.807) is 0 Å². The number of hydrogen-bond acceptors (Lipinski definition) is 5. The fraction of sp³-hybridized carbons (Fsp3) is 0.800. The van der Waals surface area contributed by atoms with Gasteiger partial charge in [0.15, 0.2) is 0 Å². The van der Waals surface area contributed by atoms with Crippen LogP contribution in [-0.4, -0.2) is 71.6 Å². The molecule has 1 aromatic rings. The molecule has 2 aliphatic heterocycles. The number of piperidine rings is 1. The Labute approximate surface area is 137 Å². The monoisotopic (exact) mass is 342 g/mol. The summed E-state index contributed by atoms with van der Waals surface area (Å²) in [5.41, 5.74) is 1.90. The fourth-order valence-corrected chi connectivity index (χ4v) is 4.94. The topological polar surface area (TPSA) is 78.7 Å². The second kappa shape index (κ2) is 5.84. The number of likely N-dealkylation sites (tertiary alicyclic amines) is 1. The predicted molar refractivity (Wildman–Crippen MR) is 87.3 cm³/mol. The highest BCUT2D eigenvalue weighted by Crippen LogP contribution is 2.43. The third-order valence-corrected chi connectivity index (χ3v) is 6.67. The summed E-state index contributed by atoms with van der Waals surface area (Å²) in [7, 11) is -1.25. The Balaban J connectivity index is 1.73. The van der Waals surface area contributed by atoms with Crippen molar-refractivity contribution in [2.24, 2.45) is 18.4 Å². The average molecular weight is 342 g/mol. The first kappa shape index (κ1) is 16.9. The number of hydrogen-bond donors (Lipinski definition) is 1. The van der Waals surface area contributed by atoms with Crippen molar-refractivity contribution in [2.75, 3.05) is 39.0 Å². The van der Waals surface area contributed by atoms with E-state index in [0.29, 0.717) is 13.1 Å².